The Morgan fingerprint density at radius 2 is 1.73 bits per heavy atom. The van der Waals surface area contributed by atoms with Crippen LogP contribution in [0.25, 0.3) is 0 Å². The molecule has 2 atom stereocenters. The van der Waals surface area contributed by atoms with Crippen molar-refractivity contribution in [2.45, 2.75) is 44.3 Å². The van der Waals surface area contributed by atoms with E-state index in [1.54, 1.807) is 16.4 Å². The minimum atomic E-state index is -3.52. The van der Waals surface area contributed by atoms with Gasteiger partial charge in [-0.3, -0.25) is 4.90 Å². The molecule has 138 valence electrons. The molecule has 0 saturated carbocycles. The molecule has 5 heteroatoms. The third kappa shape index (κ3) is 2.79. The van der Waals surface area contributed by atoms with Gasteiger partial charge in [-0.25, -0.2) is 8.42 Å². The second kappa shape index (κ2) is 6.48. The lowest BCUT2D eigenvalue weighted by Crippen LogP contribution is -2.47. The first-order chi connectivity index (χ1) is 12.4. The quantitative estimate of drug-likeness (QED) is 0.829. The lowest BCUT2D eigenvalue weighted by Gasteiger charge is -2.37. The first-order valence-electron chi connectivity index (χ1n) is 9.31. The second-order valence-electron chi connectivity index (χ2n) is 7.75. The summed E-state index contributed by atoms with van der Waals surface area (Å²) in [5.41, 5.74) is 3.70. The molecule has 1 fully saturated rings. The summed E-state index contributed by atoms with van der Waals surface area (Å²) in [6.45, 7) is 7.64. The SMILES string of the molecule is Cc1ccc(S(=O)(=O)N2C[C@H]3c4ccccc4CCN3[C@H]2C(C)C)cc1. The highest BCUT2D eigenvalue weighted by atomic mass is 32.2. The van der Waals surface area contributed by atoms with Crippen LogP contribution in [0.5, 0.6) is 0 Å². The van der Waals surface area contributed by atoms with Crippen molar-refractivity contribution in [3.63, 3.8) is 0 Å². The summed E-state index contributed by atoms with van der Waals surface area (Å²) in [4.78, 5) is 2.78. The van der Waals surface area contributed by atoms with Gasteiger partial charge in [-0.1, -0.05) is 55.8 Å². The Bertz CT molecular complexity index is 906. The van der Waals surface area contributed by atoms with E-state index in [-0.39, 0.29) is 18.1 Å². The maximum atomic E-state index is 13.4. The molecule has 0 aliphatic carbocycles. The molecule has 0 N–H and O–H groups in total. The summed E-state index contributed by atoms with van der Waals surface area (Å²) in [5.74, 6) is 0.227. The Labute approximate surface area is 156 Å². The number of aryl methyl sites for hydroxylation is 1. The Morgan fingerprint density at radius 3 is 2.42 bits per heavy atom. The Balaban J connectivity index is 1.76. The van der Waals surface area contributed by atoms with Gasteiger partial charge in [0.2, 0.25) is 10.0 Å². The number of rotatable bonds is 3. The van der Waals surface area contributed by atoms with Crippen molar-refractivity contribution in [2.75, 3.05) is 13.1 Å². The van der Waals surface area contributed by atoms with Gasteiger partial charge in [-0.05, 0) is 42.5 Å². The van der Waals surface area contributed by atoms with E-state index in [9.17, 15) is 8.42 Å². The molecule has 2 aromatic carbocycles. The molecule has 0 unspecified atom stereocenters. The molecule has 0 aromatic heterocycles. The molecule has 2 aliphatic heterocycles. The Morgan fingerprint density at radius 1 is 1.04 bits per heavy atom. The first-order valence-corrected chi connectivity index (χ1v) is 10.8. The lowest BCUT2D eigenvalue weighted by atomic mass is 9.93. The molecule has 2 aromatic rings. The van der Waals surface area contributed by atoms with E-state index in [4.69, 9.17) is 0 Å². The maximum absolute atomic E-state index is 13.4. The third-order valence-corrected chi connectivity index (χ3v) is 7.52. The highest BCUT2D eigenvalue weighted by Crippen LogP contribution is 2.42. The van der Waals surface area contributed by atoms with Crippen molar-refractivity contribution in [2.24, 2.45) is 5.92 Å². The van der Waals surface area contributed by atoms with E-state index in [0.29, 0.717) is 11.4 Å². The summed E-state index contributed by atoms with van der Waals surface area (Å²) >= 11 is 0. The van der Waals surface area contributed by atoms with Crippen LogP contribution in [0.15, 0.2) is 53.4 Å². The van der Waals surface area contributed by atoms with Crippen LogP contribution < -0.4 is 0 Å². The fourth-order valence-corrected chi connectivity index (χ4v) is 6.17. The van der Waals surface area contributed by atoms with Crippen LogP contribution in [-0.2, 0) is 16.4 Å². The van der Waals surface area contributed by atoms with Crippen molar-refractivity contribution in [1.29, 1.82) is 0 Å². The van der Waals surface area contributed by atoms with Gasteiger partial charge in [0.25, 0.3) is 0 Å². The topological polar surface area (TPSA) is 40.6 Å². The van der Waals surface area contributed by atoms with E-state index in [2.05, 4.69) is 43.0 Å². The Hall–Kier alpha value is -1.69. The van der Waals surface area contributed by atoms with Crippen molar-refractivity contribution >= 4 is 10.0 Å². The van der Waals surface area contributed by atoms with Crippen LogP contribution in [0, 0.1) is 12.8 Å². The number of benzene rings is 2. The van der Waals surface area contributed by atoms with Crippen LogP contribution in [0.4, 0.5) is 0 Å². The molecule has 0 amide bonds. The first kappa shape index (κ1) is 17.7. The fourth-order valence-electron chi connectivity index (χ4n) is 4.44. The van der Waals surface area contributed by atoms with E-state index in [1.807, 2.05) is 19.1 Å². The zero-order valence-corrected chi connectivity index (χ0v) is 16.4. The number of hydrogen-bond donors (Lipinski definition) is 0. The minimum absolute atomic E-state index is 0.0975. The summed E-state index contributed by atoms with van der Waals surface area (Å²) in [6, 6.07) is 15.8. The third-order valence-electron chi connectivity index (χ3n) is 5.67. The van der Waals surface area contributed by atoms with Crippen LogP contribution in [0.3, 0.4) is 0 Å². The van der Waals surface area contributed by atoms with Gasteiger partial charge >= 0.3 is 0 Å². The van der Waals surface area contributed by atoms with E-state index >= 15 is 0 Å². The molecule has 26 heavy (non-hydrogen) atoms. The normalized spacial score (nSPS) is 23.8. The van der Waals surface area contributed by atoms with Gasteiger partial charge in [0.05, 0.1) is 17.1 Å². The average molecular weight is 371 g/mol. The van der Waals surface area contributed by atoms with E-state index in [0.717, 1.165) is 18.5 Å². The maximum Gasteiger partial charge on any atom is 0.244 e. The fraction of sp³-hybridized carbons (Fsp3) is 0.429. The summed E-state index contributed by atoms with van der Waals surface area (Å²) in [6.07, 6.45) is 0.883. The van der Waals surface area contributed by atoms with Gasteiger partial charge in [0.15, 0.2) is 0 Å². The molecule has 1 saturated heterocycles. The van der Waals surface area contributed by atoms with Crippen molar-refractivity contribution in [3.05, 3.63) is 65.2 Å². The van der Waals surface area contributed by atoms with E-state index < -0.39 is 10.0 Å². The zero-order chi connectivity index (χ0) is 18.5. The molecule has 2 aliphatic rings. The highest BCUT2D eigenvalue weighted by Gasteiger charge is 2.48. The molecule has 0 radical (unpaired) electrons. The number of fused-ring (bicyclic) bond motifs is 3. The monoisotopic (exact) mass is 370 g/mol. The molecule has 4 rings (SSSR count). The lowest BCUT2D eigenvalue weighted by molar-refractivity contribution is 0.113. The van der Waals surface area contributed by atoms with Gasteiger partial charge in [0, 0.05) is 13.1 Å². The van der Waals surface area contributed by atoms with Gasteiger partial charge in [-0.15, -0.1) is 0 Å². The van der Waals surface area contributed by atoms with Crippen molar-refractivity contribution in [3.8, 4) is 0 Å². The van der Waals surface area contributed by atoms with Gasteiger partial charge < -0.3 is 0 Å². The van der Waals surface area contributed by atoms with Crippen molar-refractivity contribution < 1.29 is 8.42 Å². The minimum Gasteiger partial charge on any atom is -0.278 e. The highest BCUT2D eigenvalue weighted by molar-refractivity contribution is 7.89. The average Bonchev–Trinajstić information content (AvgIpc) is 3.03. The van der Waals surface area contributed by atoms with E-state index in [1.165, 1.54) is 11.1 Å². The van der Waals surface area contributed by atoms with Crippen molar-refractivity contribution in [1.82, 2.24) is 9.21 Å². The standard InChI is InChI=1S/C21H26N2O2S/c1-15(2)21-22-13-12-17-6-4-5-7-19(17)20(22)14-23(21)26(24,25)18-10-8-16(3)9-11-18/h4-11,15,20-21H,12-14H2,1-3H3/t20-,21+/m0/s1. The van der Waals surface area contributed by atoms with Crippen LogP contribution in [0.1, 0.15) is 36.6 Å². The molecule has 0 spiro atoms. The molecule has 2 heterocycles. The second-order valence-corrected chi connectivity index (χ2v) is 9.64. The number of sulfonamides is 1. The zero-order valence-electron chi connectivity index (χ0n) is 15.6. The van der Waals surface area contributed by atoms with Crippen LogP contribution >= 0.6 is 0 Å². The number of nitrogens with zero attached hydrogens (tertiary/aromatic N) is 2. The van der Waals surface area contributed by atoms with Crippen LogP contribution in [-0.4, -0.2) is 36.9 Å². The predicted molar refractivity (Wildman–Crippen MR) is 103 cm³/mol. The summed E-state index contributed by atoms with van der Waals surface area (Å²) < 4.78 is 28.6. The Kier molecular flexibility index (Phi) is 4.41. The predicted octanol–water partition coefficient (Wildman–Crippen LogP) is 3.58. The molecule has 0 bridgehead atoms. The molecular weight excluding hydrogens is 344 g/mol. The molecule has 4 nitrogen and oxygen atoms in total. The molecular formula is C21H26N2O2S. The smallest absolute Gasteiger partial charge is 0.244 e. The summed E-state index contributed by atoms with van der Waals surface area (Å²) in [5, 5.41) is 0. The van der Waals surface area contributed by atoms with Gasteiger partial charge in [0.1, 0.15) is 0 Å². The number of hydrogen-bond acceptors (Lipinski definition) is 3. The largest absolute Gasteiger partial charge is 0.278 e. The van der Waals surface area contributed by atoms with Gasteiger partial charge in [-0.2, -0.15) is 4.31 Å². The van der Waals surface area contributed by atoms with Crippen LogP contribution in [0.2, 0.25) is 0 Å². The summed E-state index contributed by atoms with van der Waals surface area (Å²) in [7, 11) is -3.52.